The Labute approximate surface area is 229 Å². The molecule has 4 aromatic rings. The van der Waals surface area contributed by atoms with Crippen LogP contribution in [0.15, 0.2) is 54.6 Å². The summed E-state index contributed by atoms with van der Waals surface area (Å²) >= 11 is 0. The Balaban J connectivity index is 1.81. The van der Waals surface area contributed by atoms with Crippen molar-refractivity contribution in [3.05, 3.63) is 88.6 Å². The van der Waals surface area contributed by atoms with Gasteiger partial charge in [-0.25, -0.2) is 13.6 Å². The summed E-state index contributed by atoms with van der Waals surface area (Å²) < 4.78 is 44.6. The van der Waals surface area contributed by atoms with Crippen LogP contribution >= 0.6 is 0 Å². The van der Waals surface area contributed by atoms with Crippen molar-refractivity contribution in [2.75, 3.05) is 21.3 Å². The number of amides is 1. The second-order valence-corrected chi connectivity index (χ2v) is 9.00. The van der Waals surface area contributed by atoms with Crippen LogP contribution in [-0.2, 0) is 22.6 Å². The average Bonchev–Trinajstić information content (AvgIpc) is 2.95. The number of carbonyl (C=O) groups excluding carboxylic acids is 2. The molecular weight excluding hydrogens is 522 g/mol. The van der Waals surface area contributed by atoms with E-state index in [0.29, 0.717) is 44.7 Å². The molecule has 0 saturated heterocycles. The number of fused-ring (bicyclic) bond motifs is 1. The lowest BCUT2D eigenvalue weighted by Gasteiger charge is -2.20. The van der Waals surface area contributed by atoms with E-state index in [0.717, 1.165) is 31.0 Å². The molecule has 208 valence electrons. The van der Waals surface area contributed by atoms with Crippen molar-refractivity contribution >= 4 is 22.8 Å². The van der Waals surface area contributed by atoms with Gasteiger partial charge in [0.2, 0.25) is 0 Å². The molecule has 4 rings (SSSR count). The highest BCUT2D eigenvalue weighted by Crippen LogP contribution is 2.43. The first kappa shape index (κ1) is 28.4. The van der Waals surface area contributed by atoms with Gasteiger partial charge in [-0.3, -0.25) is 9.78 Å². The number of aromatic nitrogens is 1. The summed E-state index contributed by atoms with van der Waals surface area (Å²) in [6, 6.07) is 12.4. The van der Waals surface area contributed by atoms with Crippen LogP contribution in [0.4, 0.5) is 8.78 Å². The molecule has 0 saturated carbocycles. The van der Waals surface area contributed by atoms with Crippen LogP contribution in [0.5, 0.6) is 11.5 Å². The zero-order chi connectivity index (χ0) is 29.0. The molecule has 2 N–H and O–H groups in total. The third kappa shape index (κ3) is 5.57. The van der Waals surface area contributed by atoms with Crippen LogP contribution in [0, 0.1) is 18.6 Å². The molecule has 10 heteroatoms. The van der Waals surface area contributed by atoms with Crippen LogP contribution < -0.4 is 14.8 Å². The number of benzene rings is 3. The molecule has 0 radical (unpaired) electrons. The van der Waals surface area contributed by atoms with Crippen molar-refractivity contribution < 1.29 is 37.7 Å². The smallest absolute Gasteiger partial charge is 0.328 e. The third-order valence-corrected chi connectivity index (χ3v) is 6.51. The highest BCUT2D eigenvalue weighted by Gasteiger charge is 2.27. The third-order valence-electron chi connectivity index (χ3n) is 6.51. The van der Waals surface area contributed by atoms with Crippen LogP contribution in [0.25, 0.3) is 22.0 Å². The number of halogens is 2. The van der Waals surface area contributed by atoms with Crippen molar-refractivity contribution in [1.29, 1.82) is 0 Å². The molecule has 0 aliphatic carbocycles. The summed E-state index contributed by atoms with van der Waals surface area (Å²) in [5.41, 5.74) is 3.02. The number of methoxy groups -OCH3 is 3. The molecule has 1 amide bonds. The number of nitrogens with zero attached hydrogens (tertiary/aromatic N) is 1. The second kappa shape index (κ2) is 12.1. The zero-order valence-electron chi connectivity index (χ0n) is 22.4. The number of ether oxygens (including phenoxy) is 3. The van der Waals surface area contributed by atoms with E-state index in [9.17, 15) is 23.5 Å². The van der Waals surface area contributed by atoms with E-state index >= 15 is 0 Å². The molecule has 0 fully saturated rings. The van der Waals surface area contributed by atoms with Gasteiger partial charge in [-0.05, 0) is 48.4 Å². The normalized spacial score (nSPS) is 11.7. The number of hydrogen-bond donors (Lipinski definition) is 2. The van der Waals surface area contributed by atoms with Crippen LogP contribution in [0.2, 0.25) is 0 Å². The number of hydrogen-bond acceptors (Lipinski definition) is 7. The van der Waals surface area contributed by atoms with Crippen molar-refractivity contribution in [2.24, 2.45) is 0 Å². The Morgan fingerprint density at radius 1 is 0.975 bits per heavy atom. The summed E-state index contributed by atoms with van der Waals surface area (Å²) in [7, 11) is 4.18. The van der Waals surface area contributed by atoms with E-state index in [1.54, 1.807) is 30.3 Å². The Morgan fingerprint density at radius 3 is 2.20 bits per heavy atom. The van der Waals surface area contributed by atoms with Gasteiger partial charge in [-0.15, -0.1) is 0 Å². The van der Waals surface area contributed by atoms with Crippen LogP contribution in [0.1, 0.15) is 27.2 Å². The zero-order valence-corrected chi connectivity index (χ0v) is 22.4. The fraction of sp³-hybridized carbons (Fsp3) is 0.233. The minimum atomic E-state index is -1.25. The highest BCUT2D eigenvalue weighted by atomic mass is 19.1. The topological polar surface area (TPSA) is 107 Å². The predicted octanol–water partition coefficient (Wildman–Crippen LogP) is 4.51. The largest absolute Gasteiger partial charge is 0.496 e. The molecular formula is C30H28F2N2O6. The van der Waals surface area contributed by atoms with E-state index in [-0.39, 0.29) is 13.0 Å². The SMILES string of the molecule is COC(=O)C(Cc1ccc(-c2c(OC)cc(CO)cc2OC)c2nc(C)ccc12)NC(=O)c1c(F)cccc1F. The fourth-order valence-electron chi connectivity index (χ4n) is 4.58. The van der Waals surface area contributed by atoms with Crippen LogP contribution in [-0.4, -0.2) is 49.3 Å². The predicted molar refractivity (Wildman–Crippen MR) is 144 cm³/mol. The molecule has 40 heavy (non-hydrogen) atoms. The molecule has 1 atom stereocenters. The number of rotatable bonds is 9. The lowest BCUT2D eigenvalue weighted by atomic mass is 9.93. The maximum atomic E-state index is 14.2. The number of carbonyl (C=O) groups is 2. The second-order valence-electron chi connectivity index (χ2n) is 9.00. The van der Waals surface area contributed by atoms with E-state index in [2.05, 4.69) is 5.32 Å². The average molecular weight is 551 g/mol. The van der Waals surface area contributed by atoms with Gasteiger partial charge in [0.05, 0.1) is 39.0 Å². The summed E-state index contributed by atoms with van der Waals surface area (Å²) in [6.07, 6.45) is -0.0479. The van der Waals surface area contributed by atoms with Gasteiger partial charge in [-0.2, -0.15) is 0 Å². The van der Waals surface area contributed by atoms with Crippen molar-refractivity contribution in [1.82, 2.24) is 10.3 Å². The fourth-order valence-corrected chi connectivity index (χ4v) is 4.58. The molecule has 0 aliphatic heterocycles. The Hall–Kier alpha value is -4.57. The van der Waals surface area contributed by atoms with Gasteiger partial charge < -0.3 is 24.6 Å². The van der Waals surface area contributed by atoms with Crippen molar-refractivity contribution in [3.63, 3.8) is 0 Å². The highest BCUT2D eigenvalue weighted by molar-refractivity contribution is 6.00. The molecule has 0 bridgehead atoms. The summed E-state index contributed by atoms with van der Waals surface area (Å²) in [4.78, 5) is 30.2. The number of esters is 1. The molecule has 3 aromatic carbocycles. The van der Waals surface area contributed by atoms with Gasteiger partial charge in [0.25, 0.3) is 5.91 Å². The standard InChI is InChI=1S/C30H28F2N2O6/c1-16-8-10-19-18(14-23(30(37)40-4)34-29(36)27-21(31)6-5-7-22(27)32)9-11-20(28(19)33-16)26-24(38-2)12-17(15-35)13-25(26)39-3/h5-13,23,35H,14-15H2,1-4H3,(H,34,36). The quantitative estimate of drug-likeness (QED) is 0.295. The number of nitrogens with one attached hydrogen (secondary N) is 1. The number of aryl methyl sites for hydroxylation is 1. The minimum Gasteiger partial charge on any atom is -0.496 e. The first-order valence-corrected chi connectivity index (χ1v) is 12.3. The Bertz CT molecular complexity index is 1550. The van der Waals surface area contributed by atoms with Crippen LogP contribution in [0.3, 0.4) is 0 Å². The number of aliphatic hydroxyl groups excluding tert-OH is 1. The minimum absolute atomic E-state index is 0.0479. The maximum Gasteiger partial charge on any atom is 0.328 e. The van der Waals surface area contributed by atoms with E-state index in [4.69, 9.17) is 19.2 Å². The van der Waals surface area contributed by atoms with E-state index < -0.39 is 35.1 Å². The molecule has 0 aliphatic rings. The van der Waals surface area contributed by atoms with E-state index in [1.165, 1.54) is 14.2 Å². The maximum absolute atomic E-state index is 14.2. The molecule has 1 heterocycles. The first-order chi connectivity index (χ1) is 19.2. The molecule has 1 unspecified atom stereocenters. The molecule has 1 aromatic heterocycles. The number of pyridine rings is 1. The molecule has 8 nitrogen and oxygen atoms in total. The lowest BCUT2D eigenvalue weighted by molar-refractivity contribution is -0.142. The van der Waals surface area contributed by atoms with Gasteiger partial charge in [0.15, 0.2) is 0 Å². The Kier molecular flexibility index (Phi) is 8.59. The Morgan fingerprint density at radius 2 is 1.62 bits per heavy atom. The van der Waals surface area contributed by atoms with E-state index in [1.807, 2.05) is 13.0 Å². The first-order valence-electron chi connectivity index (χ1n) is 12.3. The lowest BCUT2D eigenvalue weighted by Crippen LogP contribution is -2.43. The van der Waals surface area contributed by atoms with Crippen molar-refractivity contribution in [2.45, 2.75) is 26.0 Å². The van der Waals surface area contributed by atoms with Gasteiger partial charge in [-0.1, -0.05) is 24.3 Å². The number of aliphatic hydroxyl groups is 1. The van der Waals surface area contributed by atoms with Crippen molar-refractivity contribution in [3.8, 4) is 22.6 Å². The summed E-state index contributed by atoms with van der Waals surface area (Å²) in [5, 5.41) is 12.7. The monoisotopic (exact) mass is 550 g/mol. The summed E-state index contributed by atoms with van der Waals surface area (Å²) in [5.74, 6) is -3.04. The molecule has 0 spiro atoms. The van der Waals surface area contributed by atoms with Gasteiger partial charge in [0, 0.05) is 23.1 Å². The van der Waals surface area contributed by atoms with Gasteiger partial charge in [0.1, 0.15) is 34.7 Å². The summed E-state index contributed by atoms with van der Waals surface area (Å²) in [6.45, 7) is 1.63. The van der Waals surface area contributed by atoms with Gasteiger partial charge >= 0.3 is 5.97 Å².